The van der Waals surface area contributed by atoms with Crippen LogP contribution in [0.3, 0.4) is 0 Å². The van der Waals surface area contributed by atoms with Gasteiger partial charge < -0.3 is 5.11 Å². The molecule has 0 aliphatic heterocycles. The lowest BCUT2D eigenvalue weighted by molar-refractivity contribution is -0.117. The highest BCUT2D eigenvalue weighted by molar-refractivity contribution is 5.84. The summed E-state index contributed by atoms with van der Waals surface area (Å²) in [6, 6.07) is 4.48. The number of hydrogen-bond acceptors (Lipinski definition) is 4. The van der Waals surface area contributed by atoms with Crippen LogP contribution in [0.4, 0.5) is 0 Å². The lowest BCUT2D eigenvalue weighted by atomic mass is 10.2. The van der Waals surface area contributed by atoms with E-state index < -0.39 is 11.2 Å². The zero-order valence-corrected chi connectivity index (χ0v) is 10.0. The maximum Gasteiger partial charge on any atom is 0.331 e. The summed E-state index contributed by atoms with van der Waals surface area (Å²) in [7, 11) is 1.49. The molecule has 2 rings (SSSR count). The second kappa shape index (κ2) is 4.14. The van der Waals surface area contributed by atoms with Crippen molar-refractivity contribution >= 4 is 16.7 Å². The summed E-state index contributed by atoms with van der Waals surface area (Å²) in [4.78, 5) is 35.1. The maximum absolute atomic E-state index is 12.1. The molecule has 0 bridgehead atoms. The molecule has 2 aromatic rings. The first-order valence-electron chi connectivity index (χ1n) is 5.34. The Morgan fingerprint density at radius 2 is 2.00 bits per heavy atom. The van der Waals surface area contributed by atoms with E-state index in [1.807, 2.05) is 0 Å². The summed E-state index contributed by atoms with van der Waals surface area (Å²) < 4.78 is 2.06. The van der Waals surface area contributed by atoms with Crippen molar-refractivity contribution in [1.29, 1.82) is 0 Å². The van der Waals surface area contributed by atoms with Gasteiger partial charge in [0.1, 0.15) is 16.9 Å². The Bertz CT molecular complexity index is 755. The molecule has 6 heteroatoms. The number of ketones is 1. The Morgan fingerprint density at radius 1 is 1.33 bits per heavy atom. The number of phenolic OH excluding ortho intramolecular Hbond substituents is 1. The number of aryl methyl sites for hydroxylation is 1. The highest BCUT2D eigenvalue weighted by atomic mass is 16.3. The van der Waals surface area contributed by atoms with Crippen molar-refractivity contribution in [2.75, 3.05) is 0 Å². The van der Waals surface area contributed by atoms with E-state index in [1.165, 1.54) is 24.6 Å². The molecule has 1 heterocycles. The highest BCUT2D eigenvalue weighted by Crippen LogP contribution is 2.18. The average molecular weight is 248 g/mol. The van der Waals surface area contributed by atoms with E-state index in [0.717, 1.165) is 4.57 Å². The van der Waals surface area contributed by atoms with Gasteiger partial charge in [-0.2, -0.15) is 0 Å². The molecule has 0 spiro atoms. The fourth-order valence-corrected chi connectivity index (χ4v) is 1.89. The van der Waals surface area contributed by atoms with Crippen LogP contribution in [0, 0.1) is 0 Å². The molecular weight excluding hydrogens is 236 g/mol. The largest absolute Gasteiger partial charge is 0.507 e. The summed E-state index contributed by atoms with van der Waals surface area (Å²) in [5.74, 6) is -0.505. The van der Waals surface area contributed by atoms with Crippen LogP contribution in [-0.4, -0.2) is 20.0 Å². The minimum atomic E-state index is -0.651. The summed E-state index contributed by atoms with van der Waals surface area (Å²) in [6.07, 6.45) is 0. The third kappa shape index (κ3) is 1.71. The summed E-state index contributed by atoms with van der Waals surface area (Å²) in [5.41, 5.74) is -0.889. The van der Waals surface area contributed by atoms with Crippen molar-refractivity contribution in [1.82, 2.24) is 9.13 Å². The quantitative estimate of drug-likeness (QED) is 0.810. The Labute approximate surface area is 102 Å². The number of phenols is 1. The standard InChI is InChI=1S/C12H12N2O4/c1-7(15)6-14-11(17)10-8(13(2)12(14)18)4-3-5-9(10)16/h3-5,16H,6H2,1-2H3. The molecule has 1 aromatic heterocycles. The lowest BCUT2D eigenvalue weighted by Gasteiger charge is -2.10. The maximum atomic E-state index is 12.1. The topological polar surface area (TPSA) is 81.3 Å². The molecule has 1 aromatic carbocycles. The number of nitrogens with zero attached hydrogens (tertiary/aromatic N) is 2. The van der Waals surface area contributed by atoms with Crippen molar-refractivity contribution < 1.29 is 9.90 Å². The molecule has 0 saturated carbocycles. The number of Topliss-reactive ketones (excluding diaryl/α,β-unsaturated/α-hetero) is 1. The average Bonchev–Trinajstić information content (AvgIpc) is 2.31. The predicted molar refractivity (Wildman–Crippen MR) is 65.8 cm³/mol. The molecule has 0 unspecified atom stereocenters. The molecule has 0 atom stereocenters. The molecular formula is C12H12N2O4. The Hall–Kier alpha value is -2.37. The zero-order valence-electron chi connectivity index (χ0n) is 10.0. The number of aromatic hydroxyl groups is 1. The van der Waals surface area contributed by atoms with E-state index in [9.17, 15) is 19.5 Å². The molecule has 0 aliphatic rings. The van der Waals surface area contributed by atoms with Gasteiger partial charge in [0.25, 0.3) is 5.56 Å². The first kappa shape index (κ1) is 12.1. The van der Waals surface area contributed by atoms with Crippen LogP contribution < -0.4 is 11.2 Å². The monoisotopic (exact) mass is 248 g/mol. The highest BCUT2D eigenvalue weighted by Gasteiger charge is 2.14. The number of rotatable bonds is 2. The summed E-state index contributed by atoms with van der Waals surface area (Å²) >= 11 is 0. The molecule has 0 aliphatic carbocycles. The van der Waals surface area contributed by atoms with Crippen molar-refractivity contribution in [3.63, 3.8) is 0 Å². The van der Waals surface area contributed by atoms with Crippen LogP contribution in [0.25, 0.3) is 10.9 Å². The van der Waals surface area contributed by atoms with Gasteiger partial charge in [-0.3, -0.25) is 18.7 Å². The fraction of sp³-hybridized carbons (Fsp3) is 0.250. The van der Waals surface area contributed by atoms with Gasteiger partial charge in [0.05, 0.1) is 12.1 Å². The van der Waals surface area contributed by atoms with Gasteiger partial charge in [-0.1, -0.05) is 6.07 Å². The molecule has 94 valence electrons. The molecule has 18 heavy (non-hydrogen) atoms. The number of aromatic nitrogens is 2. The van der Waals surface area contributed by atoms with Gasteiger partial charge in [0, 0.05) is 7.05 Å². The van der Waals surface area contributed by atoms with Crippen molar-refractivity contribution in [3.05, 3.63) is 39.0 Å². The van der Waals surface area contributed by atoms with E-state index in [2.05, 4.69) is 0 Å². The van der Waals surface area contributed by atoms with Crippen molar-refractivity contribution in [2.45, 2.75) is 13.5 Å². The number of carbonyl (C=O) groups is 1. The van der Waals surface area contributed by atoms with Crippen molar-refractivity contribution in [2.24, 2.45) is 7.05 Å². The van der Waals surface area contributed by atoms with Crippen LogP contribution in [0.1, 0.15) is 6.92 Å². The number of hydrogen-bond donors (Lipinski definition) is 1. The van der Waals surface area contributed by atoms with Crippen LogP contribution in [0.2, 0.25) is 0 Å². The Kier molecular flexibility index (Phi) is 2.78. The molecule has 6 nitrogen and oxygen atoms in total. The normalized spacial score (nSPS) is 10.8. The minimum Gasteiger partial charge on any atom is -0.507 e. The van der Waals surface area contributed by atoms with Crippen LogP contribution in [0.15, 0.2) is 27.8 Å². The van der Waals surface area contributed by atoms with E-state index in [0.29, 0.717) is 5.52 Å². The minimum absolute atomic E-state index is 0.0425. The van der Waals surface area contributed by atoms with Crippen LogP contribution in [-0.2, 0) is 18.4 Å². The zero-order chi connectivity index (χ0) is 13.4. The van der Waals surface area contributed by atoms with Gasteiger partial charge in [0.2, 0.25) is 0 Å². The molecule has 0 radical (unpaired) electrons. The van der Waals surface area contributed by atoms with Crippen molar-refractivity contribution in [3.8, 4) is 5.75 Å². The first-order valence-corrected chi connectivity index (χ1v) is 5.34. The van der Waals surface area contributed by atoms with E-state index in [1.54, 1.807) is 12.1 Å². The third-order valence-electron chi connectivity index (χ3n) is 2.74. The summed E-state index contributed by atoms with van der Waals surface area (Å²) in [5, 5.41) is 9.75. The second-order valence-corrected chi connectivity index (χ2v) is 4.11. The number of fused-ring (bicyclic) bond motifs is 1. The molecule has 0 fully saturated rings. The van der Waals surface area contributed by atoms with E-state index in [-0.39, 0.29) is 23.5 Å². The first-order chi connectivity index (χ1) is 8.43. The number of carbonyl (C=O) groups excluding carboxylic acids is 1. The lowest BCUT2D eigenvalue weighted by Crippen LogP contribution is -2.40. The van der Waals surface area contributed by atoms with Crippen LogP contribution in [0.5, 0.6) is 5.75 Å². The van der Waals surface area contributed by atoms with Gasteiger partial charge in [0.15, 0.2) is 0 Å². The predicted octanol–water partition coefficient (Wildman–Crippen LogP) is -0.00520. The smallest absolute Gasteiger partial charge is 0.331 e. The van der Waals surface area contributed by atoms with Crippen LogP contribution >= 0.6 is 0 Å². The second-order valence-electron chi connectivity index (χ2n) is 4.11. The fourth-order valence-electron chi connectivity index (χ4n) is 1.89. The van der Waals surface area contributed by atoms with Gasteiger partial charge in [-0.05, 0) is 19.1 Å². The Morgan fingerprint density at radius 3 is 2.61 bits per heavy atom. The van der Waals surface area contributed by atoms with E-state index in [4.69, 9.17) is 0 Å². The van der Waals surface area contributed by atoms with Gasteiger partial charge in [-0.25, -0.2) is 4.79 Å². The molecule has 0 amide bonds. The Balaban J connectivity index is 2.99. The van der Waals surface area contributed by atoms with Gasteiger partial charge >= 0.3 is 5.69 Å². The number of benzene rings is 1. The van der Waals surface area contributed by atoms with Gasteiger partial charge in [-0.15, -0.1) is 0 Å². The van der Waals surface area contributed by atoms with E-state index >= 15 is 0 Å². The molecule has 0 saturated heterocycles. The third-order valence-corrected chi connectivity index (χ3v) is 2.74. The SMILES string of the molecule is CC(=O)Cn1c(=O)c2c(O)cccc2n(C)c1=O. The summed E-state index contributed by atoms with van der Waals surface area (Å²) in [6.45, 7) is 0.997. The molecule has 1 N–H and O–H groups in total.